The first-order valence-electron chi connectivity index (χ1n) is 5.09. The number of thiophene rings is 1. The van der Waals surface area contributed by atoms with Gasteiger partial charge in [-0.1, -0.05) is 13.8 Å². The first-order chi connectivity index (χ1) is 8.06. The zero-order valence-corrected chi connectivity index (χ0v) is 10.5. The van der Waals surface area contributed by atoms with Crippen molar-refractivity contribution in [3.8, 4) is 0 Å². The highest BCUT2D eigenvalue weighted by atomic mass is 32.1. The lowest BCUT2D eigenvalue weighted by molar-refractivity contribution is 0.833. The van der Waals surface area contributed by atoms with Crippen LogP contribution in [0.15, 0.2) is 15.3 Å². The lowest BCUT2D eigenvalue weighted by atomic mass is 10.0. The zero-order valence-electron chi connectivity index (χ0n) is 9.71. The van der Waals surface area contributed by atoms with Crippen LogP contribution >= 0.6 is 11.3 Å². The summed E-state index contributed by atoms with van der Waals surface area (Å²) in [5, 5.41) is 5.97. The summed E-state index contributed by atoms with van der Waals surface area (Å²) in [5.41, 5.74) is 9.23. The van der Waals surface area contributed by atoms with Crippen molar-refractivity contribution in [1.29, 1.82) is 0 Å². The molecule has 0 saturated heterocycles. The molecule has 2 rings (SSSR count). The molecule has 2 heterocycles. The maximum atomic E-state index is 12.2. The summed E-state index contributed by atoms with van der Waals surface area (Å²) in [6.45, 7) is 4.06. The minimum Gasteiger partial charge on any atom is -0.294 e. The van der Waals surface area contributed by atoms with Gasteiger partial charge in [0.1, 0.15) is 4.83 Å². The van der Waals surface area contributed by atoms with Crippen molar-refractivity contribution in [3.05, 3.63) is 31.7 Å². The van der Waals surface area contributed by atoms with Gasteiger partial charge in [-0.15, -0.1) is 11.3 Å². The molecule has 0 aromatic carbocycles. The van der Waals surface area contributed by atoms with Gasteiger partial charge in [0.25, 0.3) is 5.56 Å². The second-order valence-electron chi connectivity index (χ2n) is 3.99. The van der Waals surface area contributed by atoms with Crippen LogP contribution in [0.1, 0.15) is 25.3 Å². The van der Waals surface area contributed by atoms with Crippen LogP contribution in [0, 0.1) is 0 Å². The van der Waals surface area contributed by atoms with E-state index in [0.29, 0.717) is 10.2 Å². The van der Waals surface area contributed by atoms with Crippen molar-refractivity contribution in [1.82, 2.24) is 9.55 Å². The topological polar surface area (TPSA) is 83.7 Å². The summed E-state index contributed by atoms with van der Waals surface area (Å²) >= 11 is 1.40. The largest absolute Gasteiger partial charge is 0.294 e. The van der Waals surface area contributed by atoms with E-state index < -0.39 is 0 Å². The van der Waals surface area contributed by atoms with Crippen LogP contribution in [0.3, 0.4) is 0 Å². The molecule has 2 aromatic heterocycles. The first-order valence-corrected chi connectivity index (χ1v) is 5.97. The van der Waals surface area contributed by atoms with Gasteiger partial charge >= 0.3 is 0 Å². The molecule has 0 aliphatic rings. The maximum absolute atomic E-state index is 12.2. The maximum Gasteiger partial charge on any atom is 0.262 e. The summed E-state index contributed by atoms with van der Waals surface area (Å²) in [5.74, 6) is 0.366. The molecule has 0 amide bonds. The fourth-order valence-electron chi connectivity index (χ4n) is 1.64. The quantitative estimate of drug-likeness (QED) is 0.465. The monoisotopic (exact) mass is 249 g/mol. The van der Waals surface area contributed by atoms with Gasteiger partial charge in [-0.25, -0.2) is 4.98 Å². The molecule has 0 unspecified atom stereocenters. The van der Waals surface area contributed by atoms with Crippen LogP contribution in [0.4, 0.5) is 5.95 Å². The highest BCUT2D eigenvalue weighted by Crippen LogP contribution is 2.28. The van der Waals surface area contributed by atoms with Gasteiger partial charge in [-0.3, -0.25) is 9.36 Å². The molecular weight excluding hydrogens is 238 g/mol. The fraction of sp³-hybridized carbons (Fsp3) is 0.400. The van der Waals surface area contributed by atoms with Crippen molar-refractivity contribution >= 4 is 27.5 Å². The smallest absolute Gasteiger partial charge is 0.262 e. The second-order valence-corrected chi connectivity index (χ2v) is 4.85. The molecule has 0 saturated carbocycles. The average molecular weight is 249 g/mol. The van der Waals surface area contributed by atoms with Crippen LogP contribution in [0.5, 0.6) is 0 Å². The van der Waals surface area contributed by atoms with Gasteiger partial charge in [0.2, 0.25) is 5.95 Å². The van der Waals surface area contributed by atoms with Crippen molar-refractivity contribution < 1.29 is 0 Å². The standard InChI is InChI=1S/C10H11N5OS/c1-5(2)6-4-17-8-7(6)9(16)15(3)10(12-8)13-14-11/h4-5H,1-3H3. The highest BCUT2D eigenvalue weighted by Gasteiger charge is 2.15. The van der Waals surface area contributed by atoms with E-state index >= 15 is 0 Å². The van der Waals surface area contributed by atoms with Crippen molar-refractivity contribution in [2.75, 3.05) is 0 Å². The Hall–Kier alpha value is -1.85. The number of fused-ring (bicyclic) bond motifs is 1. The molecule has 0 aliphatic carbocycles. The predicted octanol–water partition coefficient (Wildman–Crippen LogP) is 3.06. The molecule has 7 heteroatoms. The van der Waals surface area contributed by atoms with Crippen LogP contribution in [-0.2, 0) is 7.05 Å². The SMILES string of the molecule is CC(C)c1csc2nc(N=[N+]=[N-])n(C)c(=O)c12. The van der Waals surface area contributed by atoms with Gasteiger partial charge in [-0.2, -0.15) is 0 Å². The molecule has 6 nitrogen and oxygen atoms in total. The molecule has 0 spiro atoms. The van der Waals surface area contributed by atoms with Crippen LogP contribution in [-0.4, -0.2) is 9.55 Å². The molecule has 0 fully saturated rings. The molecular formula is C10H11N5OS. The van der Waals surface area contributed by atoms with E-state index in [1.807, 2.05) is 19.2 Å². The van der Waals surface area contributed by atoms with Crippen LogP contribution in [0.2, 0.25) is 0 Å². The minimum absolute atomic E-state index is 0.0992. The Bertz CT molecular complexity index is 678. The molecule has 0 bridgehead atoms. The minimum atomic E-state index is -0.164. The van der Waals surface area contributed by atoms with Crippen molar-refractivity contribution in [2.45, 2.75) is 19.8 Å². The van der Waals surface area contributed by atoms with E-state index in [1.165, 1.54) is 15.9 Å². The molecule has 2 aromatic rings. The van der Waals surface area contributed by atoms with E-state index in [9.17, 15) is 4.79 Å². The molecule has 17 heavy (non-hydrogen) atoms. The van der Waals surface area contributed by atoms with Gasteiger partial charge < -0.3 is 0 Å². The normalized spacial score (nSPS) is 10.8. The van der Waals surface area contributed by atoms with Gasteiger partial charge in [0, 0.05) is 12.0 Å². The molecule has 88 valence electrons. The Balaban J connectivity index is 2.89. The third-order valence-electron chi connectivity index (χ3n) is 2.58. The number of rotatable bonds is 2. The lowest BCUT2D eigenvalue weighted by Crippen LogP contribution is -2.18. The summed E-state index contributed by atoms with van der Waals surface area (Å²) in [6, 6.07) is 0. The molecule has 0 radical (unpaired) electrons. The van der Waals surface area contributed by atoms with E-state index in [2.05, 4.69) is 15.0 Å². The summed E-state index contributed by atoms with van der Waals surface area (Å²) in [4.78, 5) is 19.6. The lowest BCUT2D eigenvalue weighted by Gasteiger charge is -2.05. The van der Waals surface area contributed by atoms with Crippen LogP contribution < -0.4 is 5.56 Å². The summed E-state index contributed by atoms with van der Waals surface area (Å²) in [6.07, 6.45) is 0. The number of aromatic nitrogens is 2. The van der Waals surface area contributed by atoms with Gasteiger partial charge in [0.05, 0.1) is 5.39 Å². The highest BCUT2D eigenvalue weighted by molar-refractivity contribution is 7.16. The number of hydrogen-bond donors (Lipinski definition) is 0. The third kappa shape index (κ3) is 1.79. The van der Waals surface area contributed by atoms with E-state index in [-0.39, 0.29) is 17.4 Å². The second kappa shape index (κ2) is 4.20. The first kappa shape index (κ1) is 11.6. The Labute approximate surface area is 101 Å². The number of hydrogen-bond acceptors (Lipinski definition) is 4. The van der Waals surface area contributed by atoms with Gasteiger partial charge in [-0.05, 0) is 27.5 Å². The molecule has 0 atom stereocenters. The Morgan fingerprint density at radius 3 is 2.88 bits per heavy atom. The van der Waals surface area contributed by atoms with E-state index in [0.717, 1.165) is 5.56 Å². The Morgan fingerprint density at radius 1 is 1.59 bits per heavy atom. The van der Waals surface area contributed by atoms with E-state index in [4.69, 9.17) is 5.53 Å². The summed E-state index contributed by atoms with van der Waals surface area (Å²) < 4.78 is 1.28. The predicted molar refractivity (Wildman–Crippen MR) is 67.8 cm³/mol. The fourth-order valence-corrected chi connectivity index (χ4v) is 2.72. The zero-order chi connectivity index (χ0) is 12.6. The Kier molecular flexibility index (Phi) is 2.87. The van der Waals surface area contributed by atoms with Gasteiger partial charge in [0.15, 0.2) is 0 Å². The van der Waals surface area contributed by atoms with E-state index in [1.54, 1.807) is 7.05 Å². The molecule has 0 aliphatic heterocycles. The van der Waals surface area contributed by atoms with Crippen molar-refractivity contribution in [3.63, 3.8) is 0 Å². The van der Waals surface area contributed by atoms with Crippen molar-refractivity contribution in [2.24, 2.45) is 12.2 Å². The third-order valence-corrected chi connectivity index (χ3v) is 3.47. The van der Waals surface area contributed by atoms with Crippen LogP contribution in [0.25, 0.3) is 20.7 Å². The number of azide groups is 1. The Morgan fingerprint density at radius 2 is 2.29 bits per heavy atom. The summed E-state index contributed by atoms with van der Waals surface area (Å²) in [7, 11) is 1.56. The average Bonchev–Trinajstić information content (AvgIpc) is 2.69. The molecule has 0 N–H and O–H groups in total. The number of nitrogens with zero attached hydrogens (tertiary/aromatic N) is 5.